The first-order chi connectivity index (χ1) is 14.2. The van der Waals surface area contributed by atoms with E-state index in [0.29, 0.717) is 11.2 Å². The van der Waals surface area contributed by atoms with Gasteiger partial charge in [0.2, 0.25) is 0 Å². The van der Waals surface area contributed by atoms with Crippen LogP contribution in [0.4, 0.5) is 4.39 Å². The van der Waals surface area contributed by atoms with Crippen LogP contribution in [-0.2, 0) is 11.3 Å². The Labute approximate surface area is 171 Å². The summed E-state index contributed by atoms with van der Waals surface area (Å²) in [5.74, 6) is -0.977. The van der Waals surface area contributed by atoms with E-state index in [-0.39, 0.29) is 5.75 Å². The maximum absolute atomic E-state index is 13.8. The number of H-pyrrole nitrogens is 1. The zero-order valence-corrected chi connectivity index (χ0v) is 16.5. The average molecular weight is 409 g/mol. The van der Waals surface area contributed by atoms with Crippen LogP contribution < -0.4 is 0 Å². The number of pyridine rings is 1. The number of hydrogen-bond donors (Lipinski definition) is 2. The van der Waals surface area contributed by atoms with Gasteiger partial charge in [-0.25, -0.2) is 9.37 Å². The monoisotopic (exact) mass is 409 g/mol. The van der Waals surface area contributed by atoms with Crippen LogP contribution in [0.2, 0.25) is 0 Å². The van der Waals surface area contributed by atoms with E-state index in [2.05, 4.69) is 27.0 Å². The van der Waals surface area contributed by atoms with Gasteiger partial charge in [-0.2, -0.15) is 0 Å². The fourth-order valence-electron chi connectivity index (χ4n) is 3.69. The molecule has 0 atom stereocenters. The largest absolute Gasteiger partial charge is 0.504 e. The molecule has 1 aromatic carbocycles. The summed E-state index contributed by atoms with van der Waals surface area (Å²) in [7, 11) is 0. The van der Waals surface area contributed by atoms with E-state index < -0.39 is 5.82 Å². The lowest BCUT2D eigenvalue weighted by molar-refractivity contribution is 0.0346. The van der Waals surface area contributed by atoms with Gasteiger partial charge in [0.15, 0.2) is 11.6 Å². The molecule has 0 unspecified atom stereocenters. The lowest BCUT2D eigenvalue weighted by Crippen LogP contribution is -2.35. The molecule has 3 aromatic heterocycles. The van der Waals surface area contributed by atoms with Gasteiger partial charge in [-0.1, -0.05) is 12.1 Å². The molecule has 1 fully saturated rings. The summed E-state index contributed by atoms with van der Waals surface area (Å²) >= 11 is 1.76. The SMILES string of the molecule is Oc1c(F)cccc1-c1c[nH]c2ncc(-c3ccc(CN4CCOCC4)s3)cc12. The molecule has 5 rings (SSSR count). The number of benzene rings is 1. The van der Waals surface area contributed by atoms with Gasteiger partial charge in [-0.15, -0.1) is 11.3 Å². The van der Waals surface area contributed by atoms with Crippen molar-refractivity contribution in [2.24, 2.45) is 0 Å². The van der Waals surface area contributed by atoms with Crippen molar-refractivity contribution in [3.8, 4) is 27.3 Å². The number of nitrogens with one attached hydrogen (secondary N) is 1. The number of aromatic amines is 1. The first-order valence-electron chi connectivity index (χ1n) is 9.53. The highest BCUT2D eigenvalue weighted by atomic mass is 32.1. The lowest BCUT2D eigenvalue weighted by Gasteiger charge is -2.25. The molecule has 4 heterocycles. The first-order valence-corrected chi connectivity index (χ1v) is 10.3. The van der Waals surface area contributed by atoms with E-state index in [1.54, 1.807) is 29.7 Å². The molecule has 0 spiro atoms. The number of hydrogen-bond acceptors (Lipinski definition) is 5. The summed E-state index contributed by atoms with van der Waals surface area (Å²) < 4.78 is 19.2. The van der Waals surface area contributed by atoms with Crippen molar-refractivity contribution in [2.75, 3.05) is 26.3 Å². The highest BCUT2D eigenvalue weighted by molar-refractivity contribution is 7.15. The fraction of sp³-hybridized carbons (Fsp3) is 0.227. The van der Waals surface area contributed by atoms with Gasteiger partial charge in [0.05, 0.1) is 13.2 Å². The topological polar surface area (TPSA) is 61.4 Å². The minimum atomic E-state index is -0.632. The minimum Gasteiger partial charge on any atom is -0.504 e. The molecule has 0 saturated carbocycles. The molecule has 29 heavy (non-hydrogen) atoms. The molecule has 2 N–H and O–H groups in total. The van der Waals surface area contributed by atoms with E-state index >= 15 is 0 Å². The van der Waals surface area contributed by atoms with Crippen LogP contribution in [0.3, 0.4) is 0 Å². The molecule has 1 saturated heterocycles. The number of phenols is 1. The second-order valence-electron chi connectivity index (χ2n) is 7.11. The predicted octanol–water partition coefficient (Wildman–Crippen LogP) is 4.64. The van der Waals surface area contributed by atoms with Crippen LogP contribution in [0.15, 0.2) is 48.8 Å². The number of phenolic OH excluding ortho intramolecular Hbond substituents is 1. The quantitative estimate of drug-likeness (QED) is 0.516. The van der Waals surface area contributed by atoms with Gasteiger partial charge >= 0.3 is 0 Å². The van der Waals surface area contributed by atoms with Crippen molar-refractivity contribution in [2.45, 2.75) is 6.54 Å². The van der Waals surface area contributed by atoms with Crippen molar-refractivity contribution in [3.63, 3.8) is 0 Å². The van der Waals surface area contributed by atoms with Crippen LogP contribution in [0.25, 0.3) is 32.6 Å². The lowest BCUT2D eigenvalue weighted by atomic mass is 10.0. The highest BCUT2D eigenvalue weighted by Gasteiger charge is 2.16. The third-order valence-electron chi connectivity index (χ3n) is 5.24. The Bertz CT molecular complexity index is 1160. The third-order valence-corrected chi connectivity index (χ3v) is 6.36. The number of ether oxygens (including phenoxy) is 1. The summed E-state index contributed by atoms with van der Waals surface area (Å²) in [6.45, 7) is 4.44. The van der Waals surface area contributed by atoms with E-state index in [4.69, 9.17) is 4.74 Å². The summed E-state index contributed by atoms with van der Waals surface area (Å²) in [5.41, 5.74) is 2.90. The normalized spacial score (nSPS) is 15.2. The second-order valence-corrected chi connectivity index (χ2v) is 8.28. The molecule has 7 heteroatoms. The number of aromatic hydroxyl groups is 1. The Kier molecular flexibility index (Phi) is 4.79. The average Bonchev–Trinajstić information content (AvgIpc) is 3.37. The van der Waals surface area contributed by atoms with Gasteiger partial charge < -0.3 is 14.8 Å². The standard InChI is InChI=1S/C22H20FN3O2S/c23-19-3-1-2-16(21(19)27)18-12-25-22-17(18)10-14(11-24-22)20-5-4-15(29-20)13-26-6-8-28-9-7-26/h1-5,10-12,27H,6-9,13H2,(H,24,25). The summed E-state index contributed by atoms with van der Waals surface area (Å²) in [4.78, 5) is 12.5. The van der Waals surface area contributed by atoms with Crippen LogP contribution in [0, 0.1) is 5.82 Å². The number of fused-ring (bicyclic) bond motifs is 1. The maximum atomic E-state index is 13.8. The second kappa shape index (κ2) is 7.59. The summed E-state index contributed by atoms with van der Waals surface area (Å²) in [6, 6.07) is 10.9. The zero-order valence-electron chi connectivity index (χ0n) is 15.7. The summed E-state index contributed by atoms with van der Waals surface area (Å²) in [6.07, 6.45) is 3.60. The maximum Gasteiger partial charge on any atom is 0.165 e. The predicted molar refractivity (Wildman–Crippen MR) is 113 cm³/mol. The number of rotatable bonds is 4. The van der Waals surface area contributed by atoms with E-state index in [9.17, 15) is 9.50 Å². The molecule has 0 radical (unpaired) electrons. The zero-order chi connectivity index (χ0) is 19.8. The highest BCUT2D eigenvalue weighted by Crippen LogP contribution is 2.37. The number of aromatic nitrogens is 2. The molecule has 1 aliphatic rings. The molecule has 4 aromatic rings. The van der Waals surface area contributed by atoms with Crippen molar-refractivity contribution in [1.29, 1.82) is 0 Å². The van der Waals surface area contributed by atoms with Gasteiger partial charge in [0, 0.05) is 63.9 Å². The Morgan fingerprint density at radius 3 is 2.90 bits per heavy atom. The van der Waals surface area contributed by atoms with E-state index in [0.717, 1.165) is 54.2 Å². The molecule has 0 bridgehead atoms. The summed E-state index contributed by atoms with van der Waals surface area (Å²) in [5, 5.41) is 11.0. The molecular weight excluding hydrogens is 389 g/mol. The van der Waals surface area contributed by atoms with Crippen LogP contribution >= 0.6 is 11.3 Å². The molecular formula is C22H20FN3O2S. The Hall–Kier alpha value is -2.74. The molecule has 5 nitrogen and oxygen atoms in total. The van der Waals surface area contributed by atoms with E-state index in [1.165, 1.54) is 10.9 Å². The Morgan fingerprint density at radius 2 is 2.03 bits per heavy atom. The molecule has 0 aliphatic carbocycles. The molecule has 1 aliphatic heterocycles. The number of halogens is 1. The van der Waals surface area contributed by atoms with Crippen LogP contribution in [-0.4, -0.2) is 46.3 Å². The number of para-hydroxylation sites is 1. The molecule has 148 valence electrons. The van der Waals surface area contributed by atoms with Gasteiger partial charge in [-0.3, -0.25) is 4.90 Å². The Balaban J connectivity index is 1.48. The number of morpholine rings is 1. The van der Waals surface area contributed by atoms with Crippen molar-refractivity contribution in [3.05, 3.63) is 59.5 Å². The minimum absolute atomic E-state index is 0.345. The van der Waals surface area contributed by atoms with Gasteiger partial charge in [-0.05, 0) is 24.3 Å². The van der Waals surface area contributed by atoms with Crippen molar-refractivity contribution < 1.29 is 14.2 Å². The number of thiophene rings is 1. The van der Waals surface area contributed by atoms with E-state index in [1.807, 2.05) is 12.3 Å². The van der Waals surface area contributed by atoms with Crippen molar-refractivity contribution in [1.82, 2.24) is 14.9 Å². The third kappa shape index (κ3) is 3.53. The number of nitrogens with zero attached hydrogens (tertiary/aromatic N) is 2. The fourth-order valence-corrected chi connectivity index (χ4v) is 4.72. The molecule has 0 amide bonds. The van der Waals surface area contributed by atoms with Gasteiger partial charge in [0.25, 0.3) is 0 Å². The van der Waals surface area contributed by atoms with Crippen molar-refractivity contribution >= 4 is 22.4 Å². The van der Waals surface area contributed by atoms with Crippen LogP contribution in [0.1, 0.15) is 4.88 Å². The Morgan fingerprint density at radius 1 is 1.17 bits per heavy atom. The van der Waals surface area contributed by atoms with Gasteiger partial charge in [0.1, 0.15) is 5.65 Å². The van der Waals surface area contributed by atoms with Crippen LogP contribution in [0.5, 0.6) is 5.75 Å². The smallest absolute Gasteiger partial charge is 0.165 e. The first kappa shape index (κ1) is 18.3.